The predicted molar refractivity (Wildman–Crippen MR) is 87.8 cm³/mol. The van der Waals surface area contributed by atoms with Gasteiger partial charge in [0.25, 0.3) is 0 Å². The van der Waals surface area contributed by atoms with Crippen molar-refractivity contribution in [2.45, 2.75) is 20.4 Å². The highest BCUT2D eigenvalue weighted by molar-refractivity contribution is 5.84. The third-order valence-corrected chi connectivity index (χ3v) is 3.68. The Labute approximate surface area is 125 Å². The van der Waals surface area contributed by atoms with E-state index in [1.807, 2.05) is 24.3 Å². The first kappa shape index (κ1) is 13.6. The van der Waals surface area contributed by atoms with Crippen LogP contribution in [0, 0.1) is 13.8 Å². The number of ether oxygens (including phenoxy) is 1. The van der Waals surface area contributed by atoms with E-state index in [-0.39, 0.29) is 0 Å². The molecule has 3 aromatic rings. The van der Waals surface area contributed by atoms with Gasteiger partial charge in [0.1, 0.15) is 12.4 Å². The molecule has 0 saturated carbocycles. The minimum absolute atomic E-state index is 0.640. The van der Waals surface area contributed by atoms with Gasteiger partial charge in [-0.3, -0.25) is 0 Å². The Balaban J connectivity index is 1.72. The summed E-state index contributed by atoms with van der Waals surface area (Å²) in [6.07, 6.45) is 2.13. The summed E-state index contributed by atoms with van der Waals surface area (Å²) in [5, 5.41) is 1.29. The van der Waals surface area contributed by atoms with Crippen molar-refractivity contribution in [2.24, 2.45) is 0 Å². The summed E-state index contributed by atoms with van der Waals surface area (Å²) in [6, 6.07) is 14.1. The van der Waals surface area contributed by atoms with Gasteiger partial charge in [-0.1, -0.05) is 11.6 Å². The zero-order chi connectivity index (χ0) is 14.8. The third-order valence-electron chi connectivity index (χ3n) is 3.68. The molecule has 0 spiro atoms. The summed E-state index contributed by atoms with van der Waals surface area (Å²) in [5.41, 5.74) is 10.3. The van der Waals surface area contributed by atoms with Gasteiger partial charge in [-0.15, -0.1) is 0 Å². The van der Waals surface area contributed by atoms with Gasteiger partial charge in [0.05, 0.1) is 12.1 Å². The van der Waals surface area contributed by atoms with Crippen LogP contribution in [0.1, 0.15) is 11.1 Å². The monoisotopic (exact) mass is 280 g/mol. The van der Waals surface area contributed by atoms with Crippen LogP contribution >= 0.6 is 0 Å². The number of nitrogen functional groups attached to an aromatic ring is 1. The van der Waals surface area contributed by atoms with Crippen LogP contribution in [0.25, 0.3) is 10.9 Å². The Morgan fingerprint density at radius 3 is 2.57 bits per heavy atom. The minimum Gasteiger partial charge on any atom is -0.492 e. The van der Waals surface area contributed by atoms with E-state index in [1.54, 1.807) is 0 Å². The molecule has 1 heterocycles. The summed E-state index contributed by atoms with van der Waals surface area (Å²) in [4.78, 5) is 0. The predicted octanol–water partition coefficient (Wildman–Crippen LogP) is 3.92. The van der Waals surface area contributed by atoms with Crippen molar-refractivity contribution in [2.75, 3.05) is 12.3 Å². The average Bonchev–Trinajstić information content (AvgIpc) is 2.84. The van der Waals surface area contributed by atoms with E-state index in [0.29, 0.717) is 6.61 Å². The molecule has 0 radical (unpaired) electrons. The molecular weight excluding hydrogens is 260 g/mol. The Morgan fingerprint density at radius 2 is 1.81 bits per heavy atom. The standard InChI is InChI=1S/C18H20N2O/c1-13-11-14(2)18-15(12-13)7-8-20(18)9-10-21-17-5-3-16(19)4-6-17/h3-8,11-12H,9-10,19H2,1-2H3. The molecule has 3 heteroatoms. The summed E-state index contributed by atoms with van der Waals surface area (Å²) in [5.74, 6) is 0.855. The Hall–Kier alpha value is -2.42. The first-order chi connectivity index (χ1) is 10.1. The summed E-state index contributed by atoms with van der Waals surface area (Å²) in [7, 11) is 0. The molecule has 0 fully saturated rings. The number of aryl methyl sites for hydroxylation is 2. The maximum atomic E-state index is 5.77. The van der Waals surface area contributed by atoms with Crippen molar-refractivity contribution >= 4 is 16.6 Å². The average molecular weight is 280 g/mol. The van der Waals surface area contributed by atoms with Gasteiger partial charge in [-0.2, -0.15) is 0 Å². The molecule has 0 unspecified atom stereocenters. The van der Waals surface area contributed by atoms with Crippen LogP contribution in [0.5, 0.6) is 5.75 Å². The summed E-state index contributed by atoms with van der Waals surface area (Å²) < 4.78 is 8.02. The fraction of sp³-hybridized carbons (Fsp3) is 0.222. The molecule has 0 saturated heterocycles. The number of nitrogens with two attached hydrogens (primary N) is 1. The van der Waals surface area contributed by atoms with E-state index in [4.69, 9.17) is 10.5 Å². The van der Waals surface area contributed by atoms with Crippen LogP contribution in [0.3, 0.4) is 0 Å². The highest BCUT2D eigenvalue weighted by Crippen LogP contribution is 2.22. The van der Waals surface area contributed by atoms with Crippen molar-refractivity contribution < 1.29 is 4.74 Å². The minimum atomic E-state index is 0.640. The van der Waals surface area contributed by atoms with Crippen LogP contribution in [0.2, 0.25) is 0 Å². The third kappa shape index (κ3) is 2.87. The van der Waals surface area contributed by atoms with Crippen molar-refractivity contribution in [3.05, 3.63) is 59.8 Å². The Bertz CT molecular complexity index is 757. The molecule has 0 aliphatic heterocycles. The number of aromatic nitrogens is 1. The van der Waals surface area contributed by atoms with Gasteiger partial charge in [-0.05, 0) is 55.8 Å². The van der Waals surface area contributed by atoms with Crippen molar-refractivity contribution in [3.8, 4) is 5.75 Å². The van der Waals surface area contributed by atoms with Crippen LogP contribution in [0.4, 0.5) is 5.69 Å². The summed E-state index contributed by atoms with van der Waals surface area (Å²) in [6.45, 7) is 5.76. The highest BCUT2D eigenvalue weighted by Gasteiger charge is 2.05. The Morgan fingerprint density at radius 1 is 1.05 bits per heavy atom. The van der Waals surface area contributed by atoms with Gasteiger partial charge < -0.3 is 15.0 Å². The molecule has 0 bridgehead atoms. The second kappa shape index (κ2) is 5.52. The largest absolute Gasteiger partial charge is 0.492 e. The zero-order valence-electron chi connectivity index (χ0n) is 12.5. The number of nitrogens with zero attached hydrogens (tertiary/aromatic N) is 1. The molecule has 0 aliphatic carbocycles. The molecule has 0 atom stereocenters. The number of anilines is 1. The number of hydrogen-bond donors (Lipinski definition) is 1. The summed E-state index contributed by atoms with van der Waals surface area (Å²) >= 11 is 0. The highest BCUT2D eigenvalue weighted by atomic mass is 16.5. The van der Waals surface area contributed by atoms with Crippen molar-refractivity contribution in [1.29, 1.82) is 0 Å². The van der Waals surface area contributed by atoms with E-state index in [0.717, 1.165) is 18.0 Å². The molecule has 2 aromatic carbocycles. The zero-order valence-corrected chi connectivity index (χ0v) is 12.5. The lowest BCUT2D eigenvalue weighted by atomic mass is 10.1. The SMILES string of the molecule is Cc1cc(C)c2c(ccn2CCOc2ccc(N)cc2)c1. The molecular formula is C18H20N2O. The van der Waals surface area contributed by atoms with Crippen molar-refractivity contribution in [3.63, 3.8) is 0 Å². The number of hydrogen-bond acceptors (Lipinski definition) is 2. The lowest BCUT2D eigenvalue weighted by molar-refractivity contribution is 0.300. The van der Waals surface area contributed by atoms with Crippen LogP contribution in [-0.4, -0.2) is 11.2 Å². The van der Waals surface area contributed by atoms with Gasteiger partial charge in [-0.25, -0.2) is 0 Å². The number of fused-ring (bicyclic) bond motifs is 1. The van der Waals surface area contributed by atoms with E-state index >= 15 is 0 Å². The first-order valence-electron chi connectivity index (χ1n) is 7.18. The molecule has 2 N–H and O–H groups in total. The smallest absolute Gasteiger partial charge is 0.119 e. The maximum Gasteiger partial charge on any atom is 0.119 e. The molecule has 0 amide bonds. The van der Waals surface area contributed by atoms with E-state index in [9.17, 15) is 0 Å². The quantitative estimate of drug-likeness (QED) is 0.736. The topological polar surface area (TPSA) is 40.2 Å². The Kier molecular flexibility index (Phi) is 3.57. The lowest BCUT2D eigenvalue weighted by Crippen LogP contribution is -2.07. The van der Waals surface area contributed by atoms with Crippen LogP contribution in [0.15, 0.2) is 48.7 Å². The normalized spacial score (nSPS) is 11.0. The molecule has 1 aromatic heterocycles. The van der Waals surface area contributed by atoms with E-state index < -0.39 is 0 Å². The molecule has 3 nitrogen and oxygen atoms in total. The first-order valence-corrected chi connectivity index (χ1v) is 7.18. The van der Waals surface area contributed by atoms with Gasteiger partial charge in [0, 0.05) is 17.3 Å². The molecule has 0 aliphatic rings. The fourth-order valence-electron chi connectivity index (χ4n) is 2.77. The van der Waals surface area contributed by atoms with E-state index in [1.165, 1.54) is 22.0 Å². The number of benzene rings is 2. The number of rotatable bonds is 4. The van der Waals surface area contributed by atoms with Crippen molar-refractivity contribution in [1.82, 2.24) is 4.57 Å². The van der Waals surface area contributed by atoms with Crippen LogP contribution in [-0.2, 0) is 6.54 Å². The van der Waals surface area contributed by atoms with Gasteiger partial charge in [0.15, 0.2) is 0 Å². The molecule has 21 heavy (non-hydrogen) atoms. The lowest BCUT2D eigenvalue weighted by Gasteiger charge is -2.10. The van der Waals surface area contributed by atoms with Crippen LogP contribution < -0.4 is 10.5 Å². The molecule has 108 valence electrons. The van der Waals surface area contributed by atoms with Gasteiger partial charge in [0.2, 0.25) is 0 Å². The van der Waals surface area contributed by atoms with E-state index in [2.05, 4.69) is 42.8 Å². The maximum absolute atomic E-state index is 5.77. The molecule has 3 rings (SSSR count). The second-order valence-corrected chi connectivity index (χ2v) is 5.45. The van der Waals surface area contributed by atoms with Gasteiger partial charge >= 0.3 is 0 Å². The fourth-order valence-corrected chi connectivity index (χ4v) is 2.77. The second-order valence-electron chi connectivity index (χ2n) is 5.45.